The van der Waals surface area contributed by atoms with Crippen molar-refractivity contribution in [3.63, 3.8) is 0 Å². The molecule has 1 N–H and O–H groups in total. The minimum atomic E-state index is -0.409. The van der Waals surface area contributed by atoms with Gasteiger partial charge in [-0.3, -0.25) is 9.59 Å². The number of anilines is 2. The molecule has 1 aliphatic heterocycles. The van der Waals surface area contributed by atoms with Crippen molar-refractivity contribution in [1.29, 1.82) is 0 Å². The molecule has 170 valence electrons. The number of benzene rings is 2. The average molecular weight is 454 g/mol. The second kappa shape index (κ2) is 9.14. The summed E-state index contributed by atoms with van der Waals surface area (Å²) >= 11 is 0. The number of aryl methyl sites for hydroxylation is 1. The fraction of sp³-hybridized carbons (Fsp3) is 0.160. The minimum Gasteiger partial charge on any atom is -0.438 e. The van der Waals surface area contributed by atoms with Crippen molar-refractivity contribution in [2.45, 2.75) is 13.3 Å². The summed E-state index contributed by atoms with van der Waals surface area (Å²) in [7, 11) is 0. The molecule has 3 heterocycles. The molecule has 5 rings (SSSR count). The number of hydrogen-bond acceptors (Lipinski definition) is 6. The first-order valence-corrected chi connectivity index (χ1v) is 10.8. The zero-order chi connectivity index (χ0) is 23.5. The molecule has 1 unspecified atom stereocenters. The van der Waals surface area contributed by atoms with Crippen molar-refractivity contribution in [2.75, 3.05) is 16.8 Å². The van der Waals surface area contributed by atoms with Gasteiger partial charge in [0, 0.05) is 42.8 Å². The maximum Gasteiger partial charge on any atom is 0.238 e. The lowest BCUT2D eigenvalue weighted by atomic mass is 10.1. The van der Waals surface area contributed by atoms with Crippen LogP contribution in [0.1, 0.15) is 12.0 Å². The van der Waals surface area contributed by atoms with E-state index in [4.69, 9.17) is 4.74 Å². The molecule has 9 heteroatoms. The lowest BCUT2D eigenvalue weighted by Gasteiger charge is -2.17. The molecule has 2 aromatic heterocycles. The van der Waals surface area contributed by atoms with Gasteiger partial charge in [0.25, 0.3) is 0 Å². The van der Waals surface area contributed by atoms with E-state index < -0.39 is 5.92 Å². The number of ether oxygens (including phenoxy) is 1. The molecule has 34 heavy (non-hydrogen) atoms. The average Bonchev–Trinajstić information content (AvgIpc) is 3.52. The van der Waals surface area contributed by atoms with E-state index in [0.29, 0.717) is 29.7 Å². The Kier molecular flexibility index (Phi) is 5.73. The van der Waals surface area contributed by atoms with E-state index in [0.717, 1.165) is 11.3 Å². The first-order chi connectivity index (χ1) is 16.5. The standard InChI is InChI=1S/C25H22N6O3/c1-17-3-7-20(8-4-17)30-16-18(15-24(30)32)25(33)27-19-5-9-21(10-6-19)34-23-12-11-22(28-29-23)31-14-2-13-26-31/h2-14,18H,15-16H2,1H3,(H,27,33). The van der Waals surface area contributed by atoms with E-state index in [1.165, 1.54) is 0 Å². The van der Waals surface area contributed by atoms with Crippen molar-refractivity contribution in [3.05, 3.63) is 84.7 Å². The highest BCUT2D eigenvalue weighted by molar-refractivity contribution is 6.03. The normalized spacial score (nSPS) is 15.4. The van der Waals surface area contributed by atoms with Crippen molar-refractivity contribution < 1.29 is 14.3 Å². The van der Waals surface area contributed by atoms with Crippen molar-refractivity contribution in [1.82, 2.24) is 20.0 Å². The highest BCUT2D eigenvalue weighted by Crippen LogP contribution is 2.27. The number of aromatic nitrogens is 4. The van der Waals surface area contributed by atoms with Crippen LogP contribution in [0.2, 0.25) is 0 Å². The third-order valence-electron chi connectivity index (χ3n) is 5.55. The fourth-order valence-corrected chi connectivity index (χ4v) is 3.72. The van der Waals surface area contributed by atoms with Gasteiger partial charge >= 0.3 is 0 Å². The van der Waals surface area contributed by atoms with Gasteiger partial charge in [0.2, 0.25) is 17.7 Å². The summed E-state index contributed by atoms with van der Waals surface area (Å²) in [6, 6.07) is 19.9. The molecule has 1 saturated heterocycles. The molecule has 0 spiro atoms. The molecule has 1 atom stereocenters. The van der Waals surface area contributed by atoms with Gasteiger partial charge in [-0.2, -0.15) is 5.10 Å². The Labute approximate surface area is 196 Å². The molecule has 0 bridgehead atoms. The summed E-state index contributed by atoms with van der Waals surface area (Å²) in [4.78, 5) is 26.9. The van der Waals surface area contributed by atoms with E-state index >= 15 is 0 Å². The summed E-state index contributed by atoms with van der Waals surface area (Å²) in [5.41, 5.74) is 2.56. The number of rotatable bonds is 6. The third-order valence-corrected chi connectivity index (χ3v) is 5.55. The van der Waals surface area contributed by atoms with Crippen molar-refractivity contribution in [2.24, 2.45) is 5.92 Å². The van der Waals surface area contributed by atoms with E-state index in [1.807, 2.05) is 31.2 Å². The molecule has 9 nitrogen and oxygen atoms in total. The summed E-state index contributed by atoms with van der Waals surface area (Å²) in [6.07, 6.45) is 3.63. The van der Waals surface area contributed by atoms with Crippen LogP contribution in [0.15, 0.2) is 79.1 Å². The van der Waals surface area contributed by atoms with Crippen LogP contribution in [-0.2, 0) is 9.59 Å². The Morgan fingerprint density at radius 3 is 2.50 bits per heavy atom. The van der Waals surface area contributed by atoms with E-state index in [-0.39, 0.29) is 18.2 Å². The van der Waals surface area contributed by atoms with E-state index in [2.05, 4.69) is 20.6 Å². The van der Waals surface area contributed by atoms with Crippen LogP contribution in [0, 0.1) is 12.8 Å². The number of nitrogens with one attached hydrogen (secondary N) is 1. The lowest BCUT2D eigenvalue weighted by molar-refractivity contribution is -0.122. The van der Waals surface area contributed by atoms with Crippen molar-refractivity contribution in [3.8, 4) is 17.4 Å². The number of nitrogens with zero attached hydrogens (tertiary/aromatic N) is 5. The molecule has 2 amide bonds. The number of carbonyl (C=O) groups excluding carboxylic acids is 2. The maximum absolute atomic E-state index is 12.7. The van der Waals surface area contributed by atoms with Gasteiger partial charge in [-0.25, -0.2) is 4.68 Å². The van der Waals surface area contributed by atoms with Gasteiger partial charge in [-0.1, -0.05) is 17.7 Å². The quantitative estimate of drug-likeness (QED) is 0.476. The number of amides is 2. The Hall–Kier alpha value is -4.53. The van der Waals surface area contributed by atoms with E-state index in [9.17, 15) is 9.59 Å². The predicted molar refractivity (Wildman–Crippen MR) is 126 cm³/mol. The summed E-state index contributed by atoms with van der Waals surface area (Å²) < 4.78 is 7.33. The summed E-state index contributed by atoms with van der Waals surface area (Å²) in [5, 5.41) is 15.1. The van der Waals surface area contributed by atoms with Crippen LogP contribution in [0.5, 0.6) is 11.6 Å². The maximum atomic E-state index is 12.7. The second-order valence-corrected chi connectivity index (χ2v) is 8.04. The summed E-state index contributed by atoms with van der Waals surface area (Å²) in [5.74, 6) is 0.841. The first-order valence-electron chi connectivity index (χ1n) is 10.8. The van der Waals surface area contributed by atoms with Gasteiger partial charge < -0.3 is 15.0 Å². The first kappa shape index (κ1) is 21.3. The van der Waals surface area contributed by atoms with Gasteiger partial charge in [-0.15, -0.1) is 10.2 Å². The zero-order valence-corrected chi connectivity index (χ0v) is 18.5. The smallest absolute Gasteiger partial charge is 0.238 e. The molecule has 1 fully saturated rings. The molecule has 0 saturated carbocycles. The van der Waals surface area contributed by atoms with Gasteiger partial charge in [0.15, 0.2) is 5.82 Å². The topological polar surface area (TPSA) is 102 Å². The lowest BCUT2D eigenvalue weighted by Crippen LogP contribution is -2.28. The van der Waals surface area contributed by atoms with Crippen LogP contribution in [0.3, 0.4) is 0 Å². The fourth-order valence-electron chi connectivity index (χ4n) is 3.72. The molecular formula is C25H22N6O3. The van der Waals surface area contributed by atoms with Crippen molar-refractivity contribution >= 4 is 23.2 Å². The molecule has 1 aliphatic rings. The highest BCUT2D eigenvalue weighted by Gasteiger charge is 2.35. The third kappa shape index (κ3) is 4.63. The van der Waals surface area contributed by atoms with Crippen LogP contribution in [0.4, 0.5) is 11.4 Å². The SMILES string of the molecule is Cc1ccc(N2CC(C(=O)Nc3ccc(Oc4ccc(-n5cccn5)nn4)cc3)CC2=O)cc1. The predicted octanol–water partition coefficient (Wildman–Crippen LogP) is 3.75. The Morgan fingerprint density at radius 1 is 1.03 bits per heavy atom. The van der Waals surface area contributed by atoms with Crippen LogP contribution in [0.25, 0.3) is 5.82 Å². The molecule has 0 radical (unpaired) electrons. The Bertz CT molecular complexity index is 1290. The largest absolute Gasteiger partial charge is 0.438 e. The van der Waals surface area contributed by atoms with Crippen LogP contribution < -0.4 is 15.0 Å². The monoisotopic (exact) mass is 454 g/mol. The molecule has 0 aliphatic carbocycles. The molecular weight excluding hydrogens is 432 g/mol. The number of carbonyl (C=O) groups is 2. The van der Waals surface area contributed by atoms with Gasteiger partial charge in [-0.05, 0) is 55.5 Å². The Balaban J connectivity index is 1.18. The van der Waals surface area contributed by atoms with E-state index in [1.54, 1.807) is 64.4 Å². The minimum absolute atomic E-state index is 0.0487. The van der Waals surface area contributed by atoms with Gasteiger partial charge in [0.1, 0.15) is 5.75 Å². The summed E-state index contributed by atoms with van der Waals surface area (Å²) in [6.45, 7) is 2.36. The highest BCUT2D eigenvalue weighted by atomic mass is 16.5. The molecule has 4 aromatic rings. The van der Waals surface area contributed by atoms with Crippen LogP contribution >= 0.6 is 0 Å². The zero-order valence-electron chi connectivity index (χ0n) is 18.5. The number of hydrogen-bond donors (Lipinski definition) is 1. The van der Waals surface area contributed by atoms with Crippen LogP contribution in [-0.4, -0.2) is 38.3 Å². The van der Waals surface area contributed by atoms with Gasteiger partial charge in [0.05, 0.1) is 5.92 Å². The molecule has 2 aromatic carbocycles. The second-order valence-electron chi connectivity index (χ2n) is 8.04. The Morgan fingerprint density at radius 2 is 1.82 bits per heavy atom.